The van der Waals surface area contributed by atoms with Crippen molar-refractivity contribution in [3.05, 3.63) is 108 Å². The summed E-state index contributed by atoms with van der Waals surface area (Å²) in [7, 11) is 3.18. The van der Waals surface area contributed by atoms with Gasteiger partial charge in [-0.1, -0.05) is 78.9 Å². The molecule has 0 saturated carbocycles. The summed E-state index contributed by atoms with van der Waals surface area (Å²) in [5.74, 6) is 1.11. The van der Waals surface area contributed by atoms with Crippen LogP contribution >= 0.6 is 0 Å². The van der Waals surface area contributed by atoms with Crippen LogP contribution in [0.1, 0.15) is 22.7 Å². The molecule has 4 aromatic rings. The Morgan fingerprint density at radius 1 is 0.700 bits per heavy atom. The van der Waals surface area contributed by atoms with Crippen LogP contribution in [-0.2, 0) is 5.60 Å². The van der Waals surface area contributed by atoms with Crippen molar-refractivity contribution in [1.82, 2.24) is 0 Å². The van der Waals surface area contributed by atoms with Gasteiger partial charge in [-0.3, -0.25) is 0 Å². The molecule has 0 radical (unpaired) electrons. The van der Waals surface area contributed by atoms with Crippen molar-refractivity contribution in [1.29, 1.82) is 0 Å². The average Bonchev–Trinajstić information content (AvgIpc) is 2.82. The summed E-state index contributed by atoms with van der Waals surface area (Å²) in [6.07, 6.45) is 0. The number of benzene rings is 4. The quantitative estimate of drug-likeness (QED) is 0.489. The lowest BCUT2D eigenvalue weighted by Gasteiger charge is -2.37. The molecule has 0 aliphatic rings. The first kappa shape index (κ1) is 20.0. The molecular weight excluding hydrogens is 374 g/mol. The Hall–Kier alpha value is -3.34. The summed E-state index contributed by atoms with van der Waals surface area (Å²) >= 11 is 0. The fourth-order valence-electron chi connectivity index (χ4n) is 4.15. The highest BCUT2D eigenvalue weighted by atomic mass is 16.5. The van der Waals surface area contributed by atoms with Gasteiger partial charge in [0.25, 0.3) is 0 Å². The summed E-state index contributed by atoms with van der Waals surface area (Å²) < 4.78 is 11.2. The Balaban J connectivity index is 2.03. The average molecular weight is 399 g/mol. The molecule has 0 amide bonds. The van der Waals surface area contributed by atoms with Crippen molar-refractivity contribution in [2.45, 2.75) is 11.6 Å². The minimum atomic E-state index is -1.59. The van der Waals surface area contributed by atoms with E-state index in [1.807, 2.05) is 91.0 Å². The SMILES string of the molecule is COc1ccccc1C(O)(c1ccccc1OC)[C@H](N)c1cccc2ccccc12. The van der Waals surface area contributed by atoms with E-state index < -0.39 is 11.6 Å². The summed E-state index contributed by atoms with van der Waals surface area (Å²) in [6.45, 7) is 0. The molecule has 3 N–H and O–H groups in total. The van der Waals surface area contributed by atoms with E-state index in [9.17, 15) is 5.11 Å². The third kappa shape index (κ3) is 3.20. The predicted octanol–water partition coefficient (Wildman–Crippen LogP) is 4.79. The molecule has 0 aliphatic heterocycles. The highest BCUT2D eigenvalue weighted by molar-refractivity contribution is 5.86. The van der Waals surface area contributed by atoms with Crippen LogP contribution < -0.4 is 15.2 Å². The number of methoxy groups -OCH3 is 2. The monoisotopic (exact) mass is 399 g/mol. The van der Waals surface area contributed by atoms with E-state index in [2.05, 4.69) is 0 Å². The molecule has 4 heteroatoms. The first-order valence-corrected chi connectivity index (χ1v) is 9.84. The molecule has 4 aromatic carbocycles. The summed E-state index contributed by atoms with van der Waals surface area (Å²) in [6, 6.07) is 28.0. The smallest absolute Gasteiger partial charge is 0.141 e. The van der Waals surface area contributed by atoms with Crippen molar-refractivity contribution in [2.75, 3.05) is 14.2 Å². The van der Waals surface area contributed by atoms with Crippen LogP contribution in [0.4, 0.5) is 0 Å². The molecule has 0 saturated heterocycles. The molecule has 152 valence electrons. The van der Waals surface area contributed by atoms with Gasteiger partial charge >= 0.3 is 0 Å². The van der Waals surface area contributed by atoms with E-state index in [0.717, 1.165) is 16.3 Å². The fraction of sp³-hybridized carbons (Fsp3) is 0.154. The predicted molar refractivity (Wildman–Crippen MR) is 120 cm³/mol. The number of hydrogen-bond donors (Lipinski definition) is 2. The van der Waals surface area contributed by atoms with Crippen LogP contribution in [0.5, 0.6) is 11.5 Å². The molecule has 0 fully saturated rings. The van der Waals surface area contributed by atoms with Crippen LogP contribution in [-0.4, -0.2) is 19.3 Å². The highest BCUT2D eigenvalue weighted by Crippen LogP contribution is 2.47. The van der Waals surface area contributed by atoms with Crippen LogP contribution in [0.15, 0.2) is 91.0 Å². The van der Waals surface area contributed by atoms with Gasteiger partial charge in [0.05, 0.1) is 20.3 Å². The topological polar surface area (TPSA) is 64.7 Å². The minimum absolute atomic E-state index is 0.557. The van der Waals surface area contributed by atoms with Crippen molar-refractivity contribution >= 4 is 10.8 Å². The Labute approximate surface area is 176 Å². The van der Waals surface area contributed by atoms with Gasteiger partial charge in [-0.25, -0.2) is 0 Å². The maximum atomic E-state index is 12.4. The summed E-state index contributed by atoms with van der Waals surface area (Å²) in [5.41, 5.74) is 7.30. The van der Waals surface area contributed by atoms with E-state index in [0.29, 0.717) is 22.6 Å². The van der Waals surface area contributed by atoms with Gasteiger partial charge in [0.1, 0.15) is 17.1 Å². The summed E-state index contributed by atoms with van der Waals surface area (Å²) in [4.78, 5) is 0. The molecule has 0 heterocycles. The number of fused-ring (bicyclic) bond motifs is 1. The van der Waals surface area contributed by atoms with Gasteiger partial charge < -0.3 is 20.3 Å². The van der Waals surface area contributed by atoms with Gasteiger partial charge in [-0.15, -0.1) is 0 Å². The molecule has 0 unspecified atom stereocenters. The molecular formula is C26H25NO3. The van der Waals surface area contributed by atoms with Crippen LogP contribution in [0.25, 0.3) is 10.8 Å². The lowest BCUT2D eigenvalue weighted by Crippen LogP contribution is -2.40. The van der Waals surface area contributed by atoms with Gasteiger partial charge in [-0.2, -0.15) is 0 Å². The highest BCUT2D eigenvalue weighted by Gasteiger charge is 2.43. The lowest BCUT2D eigenvalue weighted by atomic mass is 9.76. The molecule has 0 aromatic heterocycles. The third-order valence-corrected chi connectivity index (χ3v) is 5.64. The number of rotatable bonds is 6. The number of hydrogen-bond acceptors (Lipinski definition) is 4. The molecule has 0 aliphatic carbocycles. The van der Waals surface area contributed by atoms with Crippen molar-refractivity contribution < 1.29 is 14.6 Å². The zero-order valence-corrected chi connectivity index (χ0v) is 17.1. The molecule has 4 nitrogen and oxygen atoms in total. The number of ether oxygens (including phenoxy) is 2. The third-order valence-electron chi connectivity index (χ3n) is 5.64. The first-order valence-electron chi connectivity index (χ1n) is 9.84. The van der Waals surface area contributed by atoms with Crippen molar-refractivity contribution in [3.63, 3.8) is 0 Å². The molecule has 30 heavy (non-hydrogen) atoms. The Morgan fingerprint density at radius 2 is 1.20 bits per heavy atom. The fourth-order valence-corrected chi connectivity index (χ4v) is 4.15. The van der Waals surface area contributed by atoms with Gasteiger partial charge in [0, 0.05) is 11.1 Å². The lowest BCUT2D eigenvalue weighted by molar-refractivity contribution is 0.0467. The number of nitrogens with two attached hydrogens (primary N) is 1. The van der Waals surface area contributed by atoms with Gasteiger partial charge in [0.15, 0.2) is 0 Å². The van der Waals surface area contributed by atoms with Crippen molar-refractivity contribution in [2.24, 2.45) is 5.73 Å². The second kappa shape index (κ2) is 8.19. The van der Waals surface area contributed by atoms with Crippen LogP contribution in [0.2, 0.25) is 0 Å². The van der Waals surface area contributed by atoms with E-state index in [1.54, 1.807) is 14.2 Å². The van der Waals surface area contributed by atoms with E-state index in [4.69, 9.17) is 15.2 Å². The molecule has 0 spiro atoms. The molecule has 1 atom stereocenters. The van der Waals surface area contributed by atoms with E-state index in [1.165, 1.54) is 0 Å². The maximum absolute atomic E-state index is 12.4. The molecule has 4 rings (SSSR count). The summed E-state index contributed by atoms with van der Waals surface area (Å²) in [5, 5.41) is 14.4. The normalized spacial score (nSPS) is 12.5. The Kier molecular flexibility index (Phi) is 5.44. The first-order chi connectivity index (χ1) is 14.6. The van der Waals surface area contributed by atoms with Gasteiger partial charge in [-0.05, 0) is 28.5 Å². The number of para-hydroxylation sites is 2. The molecule has 0 bridgehead atoms. The Bertz CT molecular complexity index is 1120. The van der Waals surface area contributed by atoms with Crippen molar-refractivity contribution in [3.8, 4) is 11.5 Å². The zero-order chi connectivity index (χ0) is 21.1. The van der Waals surface area contributed by atoms with E-state index in [-0.39, 0.29) is 0 Å². The second-order valence-corrected chi connectivity index (χ2v) is 7.21. The largest absolute Gasteiger partial charge is 0.496 e. The zero-order valence-electron chi connectivity index (χ0n) is 17.1. The van der Waals surface area contributed by atoms with Crippen LogP contribution in [0.3, 0.4) is 0 Å². The minimum Gasteiger partial charge on any atom is -0.496 e. The van der Waals surface area contributed by atoms with E-state index >= 15 is 0 Å². The Morgan fingerprint density at radius 3 is 1.80 bits per heavy atom. The van der Waals surface area contributed by atoms with Crippen LogP contribution in [0, 0.1) is 0 Å². The number of aliphatic hydroxyl groups is 1. The second-order valence-electron chi connectivity index (χ2n) is 7.21. The standard InChI is InChI=1S/C26H25NO3/c1-29-23-16-7-5-14-21(23)26(28,22-15-6-8-17-24(22)30-2)25(27)20-13-9-11-18-10-3-4-12-19(18)20/h3-17,25,28H,27H2,1-2H3/t25-/m1/s1. The maximum Gasteiger partial charge on any atom is 0.141 e. The van der Waals surface area contributed by atoms with Gasteiger partial charge in [0.2, 0.25) is 0 Å².